The Morgan fingerprint density at radius 1 is 0.607 bits per heavy atom. The molecule has 0 bridgehead atoms. The van der Waals surface area contributed by atoms with Crippen molar-refractivity contribution in [2.75, 3.05) is 0 Å². The van der Waals surface area contributed by atoms with Crippen LogP contribution in [-0.4, -0.2) is 26.0 Å². The van der Waals surface area contributed by atoms with E-state index in [9.17, 15) is 14.7 Å². The summed E-state index contributed by atoms with van der Waals surface area (Å²) < 4.78 is 0. The van der Waals surface area contributed by atoms with Gasteiger partial charge in [-0.25, -0.2) is 0 Å². The van der Waals surface area contributed by atoms with E-state index in [0.29, 0.717) is 6.42 Å². The van der Waals surface area contributed by atoms with Gasteiger partial charge in [0.1, 0.15) is 0 Å². The third kappa shape index (κ3) is 9.41. The fraction of sp³-hybridized carbons (Fsp3) is 1.00. The summed E-state index contributed by atoms with van der Waals surface area (Å²) in [6, 6.07) is 0. The van der Waals surface area contributed by atoms with Crippen LogP contribution >= 0.6 is 7.28 Å². The molecule has 0 aliphatic rings. The second-order valence-electron chi connectivity index (χ2n) is 9.44. The Morgan fingerprint density at radius 2 is 1.11 bits per heavy atom. The van der Waals surface area contributed by atoms with Gasteiger partial charge >= 0.3 is 177 Å². The summed E-state index contributed by atoms with van der Waals surface area (Å²) in [6.45, 7) is 12.8. The van der Waals surface area contributed by atoms with E-state index in [-0.39, 0.29) is 17.5 Å². The van der Waals surface area contributed by atoms with Gasteiger partial charge in [-0.15, -0.1) is 0 Å². The van der Waals surface area contributed by atoms with Crippen molar-refractivity contribution in [3.8, 4) is 0 Å². The maximum atomic E-state index is 11.5. The Hall–Kier alpha value is 0.310. The normalized spacial score (nSPS) is 18.2. The average Bonchev–Trinajstić information content (AvgIpc) is 2.64. The standard InChI is InChI=1S/C24H53O3P/c1-7-11-14-16-18-21(5)24(23(10-4)20-13-9-3)28(25,26,27)22(6)19-17-15-12-8-2/h21-27H,7-20H2,1-6H3. The molecule has 0 aliphatic carbocycles. The Morgan fingerprint density at radius 3 is 1.57 bits per heavy atom. The van der Waals surface area contributed by atoms with E-state index in [4.69, 9.17) is 0 Å². The molecule has 0 aliphatic heterocycles. The Bertz CT molecular complexity index is 378. The molecule has 0 rings (SSSR count). The zero-order valence-electron chi connectivity index (χ0n) is 20.0. The maximum absolute atomic E-state index is 11.5. The zero-order valence-corrected chi connectivity index (χ0v) is 20.9. The van der Waals surface area contributed by atoms with Gasteiger partial charge in [0.25, 0.3) is 0 Å². The molecule has 0 aromatic carbocycles. The third-order valence-electron chi connectivity index (χ3n) is 6.93. The molecule has 0 spiro atoms. The quantitative estimate of drug-likeness (QED) is 0.156. The van der Waals surface area contributed by atoms with E-state index in [1.807, 2.05) is 6.92 Å². The van der Waals surface area contributed by atoms with E-state index in [0.717, 1.165) is 51.4 Å². The molecule has 0 fully saturated rings. The van der Waals surface area contributed by atoms with Crippen molar-refractivity contribution in [3.63, 3.8) is 0 Å². The Labute approximate surface area is 176 Å². The van der Waals surface area contributed by atoms with E-state index in [1.165, 1.54) is 32.1 Å². The molecule has 0 heterocycles. The van der Waals surface area contributed by atoms with Crippen LogP contribution in [0.3, 0.4) is 0 Å². The van der Waals surface area contributed by atoms with Crippen molar-refractivity contribution in [1.29, 1.82) is 0 Å². The van der Waals surface area contributed by atoms with Crippen LogP contribution in [0, 0.1) is 11.8 Å². The monoisotopic (exact) mass is 420 g/mol. The average molecular weight is 421 g/mol. The van der Waals surface area contributed by atoms with Gasteiger partial charge in [0.15, 0.2) is 0 Å². The zero-order chi connectivity index (χ0) is 21.7. The number of unbranched alkanes of at least 4 members (excludes halogenated alkanes) is 7. The van der Waals surface area contributed by atoms with Crippen LogP contribution in [0.15, 0.2) is 0 Å². The molecule has 172 valence electrons. The Balaban J connectivity index is 5.43. The molecule has 3 N–H and O–H groups in total. The van der Waals surface area contributed by atoms with Crippen molar-refractivity contribution in [2.24, 2.45) is 11.8 Å². The Kier molecular flexibility index (Phi) is 14.5. The van der Waals surface area contributed by atoms with E-state index in [1.54, 1.807) is 0 Å². The first-order chi connectivity index (χ1) is 13.1. The van der Waals surface area contributed by atoms with Gasteiger partial charge in [-0.3, -0.25) is 0 Å². The van der Waals surface area contributed by atoms with Crippen molar-refractivity contribution in [2.45, 2.75) is 143 Å². The number of hydrogen-bond acceptors (Lipinski definition) is 3. The molecule has 0 amide bonds. The summed E-state index contributed by atoms with van der Waals surface area (Å²) in [7, 11) is -4.76. The number of hydrogen-bond donors (Lipinski definition) is 3. The van der Waals surface area contributed by atoms with Crippen LogP contribution < -0.4 is 0 Å². The van der Waals surface area contributed by atoms with Gasteiger partial charge in [0.05, 0.1) is 0 Å². The van der Waals surface area contributed by atoms with Gasteiger partial charge in [-0.2, -0.15) is 0 Å². The van der Waals surface area contributed by atoms with Gasteiger partial charge in [0, 0.05) is 0 Å². The minimum atomic E-state index is -4.76. The van der Waals surface area contributed by atoms with E-state index >= 15 is 0 Å². The fourth-order valence-corrected chi connectivity index (χ4v) is 8.47. The van der Waals surface area contributed by atoms with Gasteiger partial charge in [0.2, 0.25) is 0 Å². The molecule has 4 heteroatoms. The summed E-state index contributed by atoms with van der Waals surface area (Å²) in [6.07, 6.45) is 15.0. The van der Waals surface area contributed by atoms with Gasteiger partial charge in [-0.05, 0) is 0 Å². The molecule has 4 atom stereocenters. The first-order valence-corrected chi connectivity index (χ1v) is 14.6. The van der Waals surface area contributed by atoms with E-state index < -0.39 is 12.9 Å². The molecule has 0 radical (unpaired) electrons. The van der Waals surface area contributed by atoms with Crippen molar-refractivity contribution < 1.29 is 14.7 Å². The molecule has 4 unspecified atom stereocenters. The second kappa shape index (κ2) is 14.3. The first-order valence-electron chi connectivity index (χ1n) is 12.4. The molecule has 0 saturated carbocycles. The predicted octanol–water partition coefficient (Wildman–Crippen LogP) is 7.81. The molecule has 0 aromatic rings. The fourth-order valence-electron chi connectivity index (χ4n) is 4.91. The molecule has 0 aromatic heterocycles. The van der Waals surface area contributed by atoms with Crippen LogP contribution in [0.25, 0.3) is 0 Å². The summed E-state index contributed by atoms with van der Waals surface area (Å²) in [5.74, 6) is 0.339. The topological polar surface area (TPSA) is 60.7 Å². The van der Waals surface area contributed by atoms with E-state index in [2.05, 4.69) is 34.6 Å². The minimum absolute atomic E-state index is 0.148. The van der Waals surface area contributed by atoms with Crippen LogP contribution in [0.5, 0.6) is 0 Å². The molecular weight excluding hydrogens is 367 g/mol. The predicted molar refractivity (Wildman–Crippen MR) is 127 cm³/mol. The summed E-state index contributed by atoms with van der Waals surface area (Å²) in [4.78, 5) is 34.4. The van der Waals surface area contributed by atoms with Crippen molar-refractivity contribution >= 4 is 7.28 Å². The summed E-state index contributed by atoms with van der Waals surface area (Å²) in [5.41, 5.74) is -0.785. The summed E-state index contributed by atoms with van der Waals surface area (Å²) >= 11 is 0. The summed E-state index contributed by atoms with van der Waals surface area (Å²) in [5, 5.41) is 0. The molecular formula is C24H53O3P. The second-order valence-corrected chi connectivity index (χ2v) is 13.1. The van der Waals surface area contributed by atoms with Gasteiger partial charge in [-0.1, -0.05) is 0 Å². The number of rotatable bonds is 18. The van der Waals surface area contributed by atoms with Crippen LogP contribution in [0.4, 0.5) is 0 Å². The third-order valence-corrected chi connectivity index (χ3v) is 11.0. The molecule has 3 nitrogen and oxygen atoms in total. The SMILES string of the molecule is CCCCCCC(C)C(C(CC)CCCC)P(O)(O)(O)C(C)CCCCCC. The molecule has 28 heavy (non-hydrogen) atoms. The molecule has 0 saturated heterocycles. The van der Waals surface area contributed by atoms with Crippen LogP contribution in [0.2, 0.25) is 0 Å². The van der Waals surface area contributed by atoms with Crippen LogP contribution in [0.1, 0.15) is 131 Å². The first kappa shape index (κ1) is 28.3. The van der Waals surface area contributed by atoms with Gasteiger partial charge < -0.3 is 0 Å². The van der Waals surface area contributed by atoms with Crippen molar-refractivity contribution in [3.05, 3.63) is 0 Å². The van der Waals surface area contributed by atoms with Crippen molar-refractivity contribution in [1.82, 2.24) is 0 Å². The van der Waals surface area contributed by atoms with Crippen LogP contribution in [-0.2, 0) is 0 Å².